The second-order valence-corrected chi connectivity index (χ2v) is 8.37. The number of aliphatic imine (C=N–C) groups is 1. The molecule has 1 aliphatic rings. The van der Waals surface area contributed by atoms with E-state index in [4.69, 9.17) is 25.4 Å². The highest BCUT2D eigenvalue weighted by molar-refractivity contribution is 6.14. The summed E-state index contributed by atoms with van der Waals surface area (Å²) < 4.78 is 0. The lowest BCUT2D eigenvalue weighted by molar-refractivity contribution is -0.134. The molecule has 39 heavy (non-hydrogen) atoms. The van der Waals surface area contributed by atoms with Crippen molar-refractivity contribution in [2.45, 2.75) is 33.2 Å². The Balaban J connectivity index is 0.000000393. The van der Waals surface area contributed by atoms with Gasteiger partial charge in [-0.15, -0.1) is 0 Å². The Bertz CT molecular complexity index is 1150. The fourth-order valence-electron chi connectivity index (χ4n) is 3.64. The highest BCUT2D eigenvalue weighted by atomic mass is 16.4. The smallest absolute Gasteiger partial charge is 0.328 e. The minimum atomic E-state index is -1.26. The number of fused-ring (bicyclic) bond motifs is 1. The Labute approximate surface area is 227 Å². The lowest BCUT2D eigenvalue weighted by Crippen LogP contribution is -2.35. The molecule has 1 unspecified atom stereocenters. The first kappa shape index (κ1) is 32.5. The van der Waals surface area contributed by atoms with Crippen LogP contribution < -0.4 is 0 Å². The molecule has 0 bridgehead atoms. The van der Waals surface area contributed by atoms with Crippen LogP contribution in [-0.4, -0.2) is 80.6 Å². The van der Waals surface area contributed by atoms with Gasteiger partial charge >= 0.3 is 23.9 Å². The topological polar surface area (TPSA) is 165 Å². The number of aryl methyl sites for hydroxylation is 1. The van der Waals surface area contributed by atoms with Gasteiger partial charge in [-0.05, 0) is 38.1 Å². The monoisotopic (exact) mass is 538 g/mol. The molecular weight excluding hydrogens is 504 g/mol. The van der Waals surface area contributed by atoms with Crippen molar-refractivity contribution in [3.63, 3.8) is 0 Å². The van der Waals surface area contributed by atoms with Gasteiger partial charge in [0.25, 0.3) is 0 Å². The Morgan fingerprint density at radius 1 is 0.821 bits per heavy atom. The molecule has 0 radical (unpaired) electrons. The Hall–Kier alpha value is -4.57. The van der Waals surface area contributed by atoms with Gasteiger partial charge in [0, 0.05) is 42.0 Å². The summed E-state index contributed by atoms with van der Waals surface area (Å²) in [5.41, 5.74) is 6.43. The maximum absolute atomic E-state index is 9.55. The Kier molecular flexibility index (Phi) is 14.2. The molecule has 0 saturated heterocycles. The minimum absolute atomic E-state index is 0.348. The van der Waals surface area contributed by atoms with Gasteiger partial charge in [0.05, 0.1) is 11.8 Å². The molecule has 2 aromatic carbocycles. The van der Waals surface area contributed by atoms with Crippen LogP contribution in [0.3, 0.4) is 0 Å². The van der Waals surface area contributed by atoms with Crippen molar-refractivity contribution in [1.29, 1.82) is 0 Å². The largest absolute Gasteiger partial charge is 0.478 e. The minimum Gasteiger partial charge on any atom is -0.478 e. The van der Waals surface area contributed by atoms with Crippen LogP contribution in [0.25, 0.3) is 0 Å². The highest BCUT2D eigenvalue weighted by Gasteiger charge is 2.23. The van der Waals surface area contributed by atoms with Gasteiger partial charge in [-0.25, -0.2) is 19.2 Å². The zero-order chi connectivity index (χ0) is 29.4. The fourth-order valence-corrected chi connectivity index (χ4v) is 3.64. The van der Waals surface area contributed by atoms with Gasteiger partial charge in [-0.1, -0.05) is 61.9 Å². The van der Waals surface area contributed by atoms with Crippen LogP contribution in [0.15, 0.2) is 77.8 Å². The van der Waals surface area contributed by atoms with Gasteiger partial charge in [-0.2, -0.15) is 0 Å². The molecule has 0 spiro atoms. The zero-order valence-corrected chi connectivity index (χ0v) is 22.2. The number of carbonyl (C=O) groups is 4. The first-order valence-electron chi connectivity index (χ1n) is 12.2. The van der Waals surface area contributed by atoms with Gasteiger partial charge in [0.15, 0.2) is 0 Å². The zero-order valence-electron chi connectivity index (χ0n) is 22.2. The number of carboxylic acid groups (broad SMARTS) is 4. The third-order valence-electron chi connectivity index (χ3n) is 5.44. The second-order valence-electron chi connectivity index (χ2n) is 8.37. The fraction of sp³-hybridized carbons (Fsp3) is 0.276. The van der Waals surface area contributed by atoms with Crippen LogP contribution in [0.4, 0.5) is 0 Å². The third kappa shape index (κ3) is 13.0. The average Bonchev–Trinajstić information content (AvgIpc) is 2.90. The second kappa shape index (κ2) is 17.0. The van der Waals surface area contributed by atoms with Crippen LogP contribution in [0.2, 0.25) is 0 Å². The Morgan fingerprint density at radius 2 is 1.31 bits per heavy atom. The summed E-state index contributed by atoms with van der Waals surface area (Å²) in [6.07, 6.45) is 3.28. The van der Waals surface area contributed by atoms with E-state index in [-0.39, 0.29) is 0 Å². The van der Waals surface area contributed by atoms with Crippen molar-refractivity contribution < 1.29 is 39.6 Å². The van der Waals surface area contributed by atoms with Crippen molar-refractivity contribution >= 4 is 29.6 Å². The molecule has 208 valence electrons. The molecule has 1 aliphatic heterocycles. The van der Waals surface area contributed by atoms with Crippen LogP contribution in [-0.2, 0) is 25.6 Å². The molecule has 4 N–H and O–H groups in total. The lowest BCUT2D eigenvalue weighted by atomic mass is 9.89. The van der Waals surface area contributed by atoms with Crippen molar-refractivity contribution in [3.05, 3.63) is 95.1 Å². The van der Waals surface area contributed by atoms with Gasteiger partial charge < -0.3 is 25.3 Å². The normalized spacial score (nSPS) is 13.9. The molecule has 10 nitrogen and oxygen atoms in total. The van der Waals surface area contributed by atoms with E-state index in [2.05, 4.69) is 74.2 Å². The van der Waals surface area contributed by atoms with E-state index in [0.717, 1.165) is 31.8 Å². The molecule has 0 amide bonds. The number of hydrogen-bond donors (Lipinski definition) is 4. The predicted molar refractivity (Wildman–Crippen MR) is 147 cm³/mol. The highest BCUT2D eigenvalue weighted by Crippen LogP contribution is 2.25. The van der Waals surface area contributed by atoms with E-state index >= 15 is 0 Å². The predicted octanol–water partition coefficient (Wildman–Crippen LogP) is 3.52. The van der Waals surface area contributed by atoms with Crippen LogP contribution in [0.5, 0.6) is 0 Å². The van der Waals surface area contributed by atoms with Crippen LogP contribution in [0.1, 0.15) is 36.1 Å². The summed E-state index contributed by atoms with van der Waals surface area (Å²) in [6.45, 7) is 9.83. The number of carboxylic acids is 4. The number of rotatable bonds is 9. The molecule has 0 aromatic heterocycles. The molecule has 3 rings (SSSR count). The summed E-state index contributed by atoms with van der Waals surface area (Å²) in [6, 6.07) is 17.8. The lowest BCUT2D eigenvalue weighted by Gasteiger charge is -2.28. The van der Waals surface area contributed by atoms with Gasteiger partial charge in [0.1, 0.15) is 0 Å². The van der Waals surface area contributed by atoms with Crippen LogP contribution >= 0.6 is 0 Å². The van der Waals surface area contributed by atoms with E-state index in [9.17, 15) is 19.2 Å². The van der Waals surface area contributed by atoms with Crippen molar-refractivity contribution in [1.82, 2.24) is 4.90 Å². The summed E-state index contributed by atoms with van der Waals surface area (Å²) in [5, 5.41) is 31.2. The van der Waals surface area contributed by atoms with E-state index in [1.165, 1.54) is 22.3 Å². The molecule has 1 atom stereocenters. The SMILES string of the molecule is CCN(CC)CC1Cc2ccc(C)cc2C(c2ccccc2)=N1.O=C(O)/C=C/C(=O)O.O=C(O)/C=C/C(=O)O. The van der Waals surface area contributed by atoms with E-state index in [1.807, 2.05) is 0 Å². The molecule has 2 aromatic rings. The molecule has 0 saturated carbocycles. The first-order chi connectivity index (χ1) is 18.5. The standard InChI is InChI=1S/C21H26N2.2C4H4O4/c1-4-23(5-2)15-19-14-18-12-11-16(3)13-20(18)21(22-19)17-9-7-6-8-10-17;2*5-3(6)1-2-4(7)8/h6-13,19H,4-5,14-15H2,1-3H3;2*1-2H,(H,5,6)(H,7,8)/b;2*2-1+. The molecule has 1 heterocycles. The summed E-state index contributed by atoms with van der Waals surface area (Å²) >= 11 is 0. The number of likely N-dealkylation sites (N-methyl/N-ethyl adjacent to an activating group) is 1. The number of hydrogen-bond acceptors (Lipinski definition) is 6. The maximum atomic E-state index is 9.55. The van der Waals surface area contributed by atoms with Crippen molar-refractivity contribution in [3.8, 4) is 0 Å². The van der Waals surface area contributed by atoms with E-state index in [0.29, 0.717) is 30.3 Å². The molecule has 0 fully saturated rings. The van der Waals surface area contributed by atoms with Crippen LogP contribution in [0, 0.1) is 6.92 Å². The van der Waals surface area contributed by atoms with E-state index in [1.54, 1.807) is 0 Å². The maximum Gasteiger partial charge on any atom is 0.328 e. The summed E-state index contributed by atoms with van der Waals surface area (Å²) in [4.78, 5) is 45.8. The van der Waals surface area contributed by atoms with Crippen molar-refractivity contribution in [2.75, 3.05) is 19.6 Å². The van der Waals surface area contributed by atoms with Gasteiger partial charge in [0.2, 0.25) is 0 Å². The first-order valence-corrected chi connectivity index (χ1v) is 12.2. The van der Waals surface area contributed by atoms with Gasteiger partial charge in [-0.3, -0.25) is 4.99 Å². The van der Waals surface area contributed by atoms with Crippen molar-refractivity contribution in [2.24, 2.45) is 4.99 Å². The molecule has 0 aliphatic carbocycles. The number of nitrogens with zero attached hydrogens (tertiary/aromatic N) is 2. The Morgan fingerprint density at radius 3 is 1.74 bits per heavy atom. The quantitative estimate of drug-likeness (QED) is 0.350. The summed E-state index contributed by atoms with van der Waals surface area (Å²) in [5.74, 6) is -5.03. The summed E-state index contributed by atoms with van der Waals surface area (Å²) in [7, 11) is 0. The average molecular weight is 539 g/mol. The molecular formula is C29H34N2O8. The molecule has 10 heteroatoms. The number of benzene rings is 2. The van der Waals surface area contributed by atoms with E-state index < -0.39 is 23.9 Å². The third-order valence-corrected chi connectivity index (χ3v) is 5.44. The number of aliphatic carboxylic acids is 4.